The van der Waals surface area contributed by atoms with Crippen molar-refractivity contribution in [1.82, 2.24) is 21.3 Å². The molecule has 0 saturated heterocycles. The predicted molar refractivity (Wildman–Crippen MR) is 196 cm³/mol. The van der Waals surface area contributed by atoms with E-state index in [2.05, 4.69) is 21.3 Å². The Bertz CT molecular complexity index is 1430. The smallest absolute Gasteiger partial charge is 0.407 e. The van der Waals surface area contributed by atoms with Crippen molar-refractivity contribution in [2.75, 3.05) is 13.2 Å². The standard InChI is InChI=1S/C39H58N4O8/c1-27-19-21-31(49-24-13-12-23-40-37(48)51-39(6,7)8)25-30(27)26-41-35(46)33(22-20-29-15-10-9-11-16-29)43-36(47)32(42-28(2)44)17-14-18-34(45)50-38(3,4)5/h9-11,15-16,19,21,25,32-33H,12-14,17-18,20,22-24,26H2,1-8H3,(H,40,48)(H,41,46)(H,42,44)(H,43,47)/t32-,33-/m0/s1. The Labute approximate surface area is 303 Å². The highest BCUT2D eigenvalue weighted by Gasteiger charge is 2.27. The molecule has 0 aliphatic carbocycles. The van der Waals surface area contributed by atoms with Crippen LogP contribution >= 0.6 is 0 Å². The number of rotatable bonds is 19. The first-order valence-electron chi connectivity index (χ1n) is 17.7. The molecule has 0 radical (unpaired) electrons. The summed E-state index contributed by atoms with van der Waals surface area (Å²) >= 11 is 0. The topological polar surface area (TPSA) is 161 Å². The van der Waals surface area contributed by atoms with Crippen molar-refractivity contribution >= 4 is 29.8 Å². The number of esters is 1. The number of ether oxygens (including phenoxy) is 3. The molecular weight excluding hydrogens is 652 g/mol. The second-order valence-corrected chi connectivity index (χ2v) is 14.6. The van der Waals surface area contributed by atoms with Crippen LogP contribution < -0.4 is 26.0 Å². The molecule has 0 aromatic heterocycles. The lowest BCUT2D eigenvalue weighted by Gasteiger charge is -2.23. The quantitative estimate of drug-likeness (QED) is 0.111. The van der Waals surface area contributed by atoms with Crippen molar-refractivity contribution in [2.24, 2.45) is 0 Å². The average Bonchev–Trinajstić information content (AvgIpc) is 3.02. The highest BCUT2D eigenvalue weighted by Crippen LogP contribution is 2.18. The minimum Gasteiger partial charge on any atom is -0.494 e. The van der Waals surface area contributed by atoms with Crippen molar-refractivity contribution in [3.63, 3.8) is 0 Å². The van der Waals surface area contributed by atoms with Crippen LogP contribution in [0.1, 0.15) is 104 Å². The first-order chi connectivity index (χ1) is 23.9. The molecule has 2 atom stereocenters. The molecule has 0 aliphatic rings. The fourth-order valence-electron chi connectivity index (χ4n) is 5.01. The van der Waals surface area contributed by atoms with Gasteiger partial charge in [0.25, 0.3) is 0 Å². The molecule has 0 unspecified atom stereocenters. The van der Waals surface area contributed by atoms with Crippen LogP contribution in [-0.4, -0.2) is 66.2 Å². The molecule has 51 heavy (non-hydrogen) atoms. The third-order valence-electron chi connectivity index (χ3n) is 7.47. The summed E-state index contributed by atoms with van der Waals surface area (Å²) < 4.78 is 16.5. The van der Waals surface area contributed by atoms with E-state index < -0.39 is 41.2 Å². The number of hydrogen-bond acceptors (Lipinski definition) is 8. The molecule has 0 heterocycles. The van der Waals surface area contributed by atoms with Crippen molar-refractivity contribution in [1.29, 1.82) is 0 Å². The van der Waals surface area contributed by atoms with E-state index in [1.54, 1.807) is 20.8 Å². The Morgan fingerprint density at radius 2 is 1.41 bits per heavy atom. The number of carbonyl (C=O) groups excluding carboxylic acids is 5. The summed E-state index contributed by atoms with van der Waals surface area (Å²) in [6.07, 6.45) is 2.47. The first kappa shape index (κ1) is 42.6. The zero-order valence-electron chi connectivity index (χ0n) is 31.6. The Morgan fingerprint density at radius 3 is 2.06 bits per heavy atom. The van der Waals surface area contributed by atoms with Crippen LogP contribution in [0.3, 0.4) is 0 Å². The highest BCUT2D eigenvalue weighted by atomic mass is 16.6. The van der Waals surface area contributed by atoms with Crippen molar-refractivity contribution in [3.8, 4) is 5.75 Å². The van der Waals surface area contributed by atoms with Gasteiger partial charge in [-0.3, -0.25) is 19.2 Å². The summed E-state index contributed by atoms with van der Waals surface area (Å²) in [6.45, 7) is 15.2. The summed E-state index contributed by atoms with van der Waals surface area (Å²) in [5, 5.41) is 11.2. The summed E-state index contributed by atoms with van der Waals surface area (Å²) in [6, 6.07) is 13.5. The van der Waals surface area contributed by atoms with Crippen LogP contribution in [0.15, 0.2) is 48.5 Å². The molecule has 0 spiro atoms. The van der Waals surface area contributed by atoms with Gasteiger partial charge in [-0.25, -0.2) is 4.79 Å². The van der Waals surface area contributed by atoms with Gasteiger partial charge in [0.15, 0.2) is 0 Å². The highest BCUT2D eigenvalue weighted by molar-refractivity contribution is 5.91. The van der Waals surface area contributed by atoms with Gasteiger partial charge >= 0.3 is 12.1 Å². The van der Waals surface area contributed by atoms with E-state index in [1.807, 2.05) is 76.2 Å². The first-order valence-corrected chi connectivity index (χ1v) is 17.7. The summed E-state index contributed by atoms with van der Waals surface area (Å²) in [4.78, 5) is 63.1. The zero-order chi connectivity index (χ0) is 38.0. The largest absolute Gasteiger partial charge is 0.494 e. The maximum Gasteiger partial charge on any atom is 0.407 e. The van der Waals surface area contributed by atoms with E-state index in [4.69, 9.17) is 14.2 Å². The molecule has 4 amide bonds. The van der Waals surface area contributed by atoms with E-state index >= 15 is 0 Å². The van der Waals surface area contributed by atoms with E-state index in [0.29, 0.717) is 38.2 Å². The third kappa shape index (κ3) is 18.8. The molecular formula is C39H58N4O8. The van der Waals surface area contributed by atoms with Crippen molar-refractivity contribution in [2.45, 2.75) is 130 Å². The molecule has 0 fully saturated rings. The van der Waals surface area contributed by atoms with Gasteiger partial charge in [-0.2, -0.15) is 0 Å². The number of amides is 4. The summed E-state index contributed by atoms with van der Waals surface area (Å²) in [5.41, 5.74) is 1.67. The van der Waals surface area contributed by atoms with Crippen LogP contribution in [0, 0.1) is 6.92 Å². The fraction of sp³-hybridized carbons (Fsp3) is 0.564. The molecule has 12 heteroatoms. The van der Waals surface area contributed by atoms with E-state index in [1.165, 1.54) is 6.92 Å². The Kier molecular flexibility index (Phi) is 17.5. The van der Waals surface area contributed by atoms with Gasteiger partial charge in [0, 0.05) is 26.4 Å². The monoisotopic (exact) mass is 710 g/mol. The third-order valence-corrected chi connectivity index (χ3v) is 7.47. The van der Waals surface area contributed by atoms with Crippen LogP contribution in [-0.2, 0) is 41.6 Å². The van der Waals surface area contributed by atoms with Crippen LogP contribution in [0.5, 0.6) is 5.75 Å². The van der Waals surface area contributed by atoms with Crippen LogP contribution in [0.4, 0.5) is 4.79 Å². The Hall–Kier alpha value is -4.61. The molecule has 0 bridgehead atoms. The summed E-state index contributed by atoms with van der Waals surface area (Å²) in [7, 11) is 0. The minimum atomic E-state index is -0.930. The van der Waals surface area contributed by atoms with Gasteiger partial charge in [0.05, 0.1) is 6.61 Å². The zero-order valence-corrected chi connectivity index (χ0v) is 31.6. The lowest BCUT2D eigenvalue weighted by atomic mass is 10.0. The van der Waals surface area contributed by atoms with Gasteiger partial charge in [0.1, 0.15) is 29.0 Å². The van der Waals surface area contributed by atoms with Crippen molar-refractivity contribution in [3.05, 3.63) is 65.2 Å². The van der Waals surface area contributed by atoms with E-state index in [0.717, 1.165) is 29.5 Å². The van der Waals surface area contributed by atoms with Crippen molar-refractivity contribution < 1.29 is 38.2 Å². The van der Waals surface area contributed by atoms with E-state index in [9.17, 15) is 24.0 Å². The SMILES string of the molecule is CC(=O)N[C@@H](CCCC(=O)OC(C)(C)C)C(=O)N[C@@H](CCc1ccccc1)C(=O)NCc1cc(OCCCCNC(=O)OC(C)(C)C)ccc1C. The Morgan fingerprint density at radius 1 is 0.745 bits per heavy atom. The molecule has 2 aromatic carbocycles. The van der Waals surface area contributed by atoms with Gasteiger partial charge in [0.2, 0.25) is 17.7 Å². The normalized spacial score (nSPS) is 12.5. The average molecular weight is 711 g/mol. The number of carbonyl (C=O) groups is 5. The van der Waals surface area contributed by atoms with Crippen LogP contribution in [0.2, 0.25) is 0 Å². The fourth-order valence-corrected chi connectivity index (χ4v) is 5.01. The number of benzene rings is 2. The maximum absolute atomic E-state index is 13.6. The number of hydrogen-bond donors (Lipinski definition) is 4. The molecule has 4 N–H and O–H groups in total. The second kappa shape index (κ2) is 20.9. The van der Waals surface area contributed by atoms with Gasteiger partial charge in [-0.05, 0) is 116 Å². The lowest BCUT2D eigenvalue weighted by Crippen LogP contribution is -2.53. The molecule has 282 valence electrons. The second-order valence-electron chi connectivity index (χ2n) is 14.6. The maximum atomic E-state index is 13.6. The lowest BCUT2D eigenvalue weighted by molar-refractivity contribution is -0.155. The molecule has 12 nitrogen and oxygen atoms in total. The minimum absolute atomic E-state index is 0.0893. The van der Waals surface area contributed by atoms with Gasteiger partial charge in [-0.15, -0.1) is 0 Å². The molecule has 2 aromatic rings. The van der Waals surface area contributed by atoms with Gasteiger partial charge in [-0.1, -0.05) is 36.4 Å². The number of aryl methyl sites for hydroxylation is 2. The molecule has 0 saturated carbocycles. The number of nitrogens with one attached hydrogen (secondary N) is 4. The summed E-state index contributed by atoms with van der Waals surface area (Å²) in [5.74, 6) is -0.994. The number of unbranched alkanes of at least 4 members (excludes halogenated alkanes) is 1. The molecule has 2 rings (SSSR count). The molecule has 0 aliphatic heterocycles. The van der Waals surface area contributed by atoms with E-state index in [-0.39, 0.29) is 31.3 Å². The number of alkyl carbamates (subject to hydrolysis) is 1. The predicted octanol–water partition coefficient (Wildman–Crippen LogP) is 5.43. The van der Waals surface area contributed by atoms with Crippen LogP contribution in [0.25, 0.3) is 0 Å². The Balaban J connectivity index is 2.02. The van der Waals surface area contributed by atoms with Gasteiger partial charge < -0.3 is 35.5 Å².